The summed E-state index contributed by atoms with van der Waals surface area (Å²) in [6.45, 7) is 3.80. The lowest BCUT2D eigenvalue weighted by atomic mass is 9.96. The number of amides is 1. The Bertz CT molecular complexity index is 1070. The van der Waals surface area contributed by atoms with Gasteiger partial charge >= 0.3 is 0 Å². The number of rotatable bonds is 6. The molecular weight excluding hydrogens is 400 g/mol. The van der Waals surface area contributed by atoms with E-state index in [2.05, 4.69) is 15.2 Å². The topological polar surface area (TPSA) is 87.9 Å². The molecule has 0 bridgehead atoms. The van der Waals surface area contributed by atoms with Crippen molar-refractivity contribution < 1.29 is 13.6 Å². The highest BCUT2D eigenvalue weighted by Crippen LogP contribution is 2.36. The van der Waals surface area contributed by atoms with Crippen molar-refractivity contribution in [2.45, 2.75) is 44.4 Å². The lowest BCUT2D eigenvalue weighted by Gasteiger charge is -2.32. The summed E-state index contributed by atoms with van der Waals surface area (Å²) >= 11 is 0. The number of aromatic nitrogens is 3. The molecule has 1 aliphatic rings. The summed E-state index contributed by atoms with van der Waals surface area (Å²) < 4.78 is 29.2. The minimum atomic E-state index is -1.20. The lowest BCUT2D eigenvalue weighted by molar-refractivity contribution is -0.122. The van der Waals surface area contributed by atoms with Crippen molar-refractivity contribution in [3.8, 4) is 11.3 Å². The van der Waals surface area contributed by atoms with E-state index in [1.54, 1.807) is 23.2 Å². The summed E-state index contributed by atoms with van der Waals surface area (Å²) in [4.78, 5) is 18.0. The standard InChI is InChI=1S/C23H25F2N5O/c1-13(2)17-6-7-19(28-22(17)25)21(30-12-16(24)11-20(30)23(26)31)15-5-3-4-14(10-15)18-8-9-27-29-18/h3-10,13,16,20-21H,11-12H2,1-2H3,(H2,26,31)(H,27,29)/t16?,20?,21-/m1/s1. The molecule has 8 heteroatoms. The zero-order chi connectivity index (χ0) is 22.1. The van der Waals surface area contributed by atoms with E-state index < -0.39 is 30.1 Å². The Balaban J connectivity index is 1.83. The monoisotopic (exact) mass is 425 g/mol. The first-order valence-electron chi connectivity index (χ1n) is 10.3. The van der Waals surface area contributed by atoms with Crippen molar-refractivity contribution in [2.24, 2.45) is 5.73 Å². The molecule has 4 rings (SSSR count). The molecule has 3 aromatic rings. The van der Waals surface area contributed by atoms with E-state index in [4.69, 9.17) is 5.73 Å². The van der Waals surface area contributed by atoms with Crippen LogP contribution < -0.4 is 5.73 Å². The van der Waals surface area contributed by atoms with Crippen LogP contribution in [-0.2, 0) is 4.79 Å². The molecule has 31 heavy (non-hydrogen) atoms. The largest absolute Gasteiger partial charge is 0.368 e. The highest BCUT2D eigenvalue weighted by Gasteiger charge is 2.41. The van der Waals surface area contributed by atoms with Gasteiger partial charge < -0.3 is 5.73 Å². The molecule has 2 unspecified atom stereocenters. The van der Waals surface area contributed by atoms with Crippen LogP contribution in [0.15, 0.2) is 48.7 Å². The summed E-state index contributed by atoms with van der Waals surface area (Å²) in [6, 6.07) is 11.4. The number of hydrogen-bond donors (Lipinski definition) is 2. The van der Waals surface area contributed by atoms with Gasteiger partial charge in [-0.25, -0.2) is 9.37 Å². The molecule has 0 radical (unpaired) electrons. The third-order valence-electron chi connectivity index (χ3n) is 5.76. The molecule has 1 fully saturated rings. The average molecular weight is 425 g/mol. The van der Waals surface area contributed by atoms with Crippen molar-refractivity contribution in [3.63, 3.8) is 0 Å². The van der Waals surface area contributed by atoms with Crippen LogP contribution in [0.25, 0.3) is 11.3 Å². The van der Waals surface area contributed by atoms with Crippen LogP contribution in [-0.4, -0.2) is 44.7 Å². The maximum atomic E-state index is 14.8. The molecule has 3 atom stereocenters. The highest BCUT2D eigenvalue weighted by molar-refractivity contribution is 5.80. The van der Waals surface area contributed by atoms with E-state index in [9.17, 15) is 13.6 Å². The number of alkyl halides is 1. The van der Waals surface area contributed by atoms with Crippen LogP contribution >= 0.6 is 0 Å². The number of benzene rings is 1. The van der Waals surface area contributed by atoms with Gasteiger partial charge in [0.2, 0.25) is 11.9 Å². The fourth-order valence-corrected chi connectivity index (χ4v) is 4.24. The molecule has 1 saturated heterocycles. The number of nitrogens with one attached hydrogen (secondary N) is 1. The Morgan fingerprint density at radius 1 is 1.26 bits per heavy atom. The molecule has 0 aliphatic carbocycles. The number of pyridine rings is 1. The average Bonchev–Trinajstić information content (AvgIpc) is 3.38. The van der Waals surface area contributed by atoms with Gasteiger partial charge in [-0.05, 0) is 35.2 Å². The third kappa shape index (κ3) is 4.20. The number of primary amides is 1. The van der Waals surface area contributed by atoms with Crippen molar-refractivity contribution in [3.05, 3.63) is 71.4 Å². The molecule has 162 valence electrons. The Hall–Kier alpha value is -3.13. The van der Waals surface area contributed by atoms with E-state index in [0.717, 1.165) is 16.8 Å². The molecule has 0 spiro atoms. The molecule has 1 aliphatic heterocycles. The normalized spacial score (nSPS) is 20.3. The van der Waals surface area contributed by atoms with Gasteiger partial charge in [-0.1, -0.05) is 38.1 Å². The van der Waals surface area contributed by atoms with Crippen LogP contribution in [0.1, 0.15) is 49.0 Å². The van der Waals surface area contributed by atoms with Crippen LogP contribution in [0.3, 0.4) is 0 Å². The molecule has 0 saturated carbocycles. The van der Waals surface area contributed by atoms with Gasteiger partial charge in [0.25, 0.3) is 0 Å². The summed E-state index contributed by atoms with van der Waals surface area (Å²) in [5.41, 5.74) is 8.94. The second-order valence-electron chi connectivity index (χ2n) is 8.22. The zero-order valence-electron chi connectivity index (χ0n) is 17.4. The number of aromatic amines is 1. The Kier molecular flexibility index (Phi) is 5.82. The third-order valence-corrected chi connectivity index (χ3v) is 5.76. The molecule has 2 aromatic heterocycles. The predicted molar refractivity (Wildman–Crippen MR) is 113 cm³/mol. The van der Waals surface area contributed by atoms with Crippen molar-refractivity contribution in [1.82, 2.24) is 20.1 Å². The van der Waals surface area contributed by atoms with E-state index in [1.165, 1.54) is 0 Å². The van der Waals surface area contributed by atoms with Crippen LogP contribution in [0.5, 0.6) is 0 Å². The van der Waals surface area contributed by atoms with Crippen LogP contribution in [0.4, 0.5) is 8.78 Å². The summed E-state index contributed by atoms with van der Waals surface area (Å²) in [6.07, 6.45) is 0.465. The second-order valence-corrected chi connectivity index (χ2v) is 8.22. The van der Waals surface area contributed by atoms with Gasteiger partial charge in [-0.2, -0.15) is 9.49 Å². The number of hydrogen-bond acceptors (Lipinski definition) is 4. The fourth-order valence-electron chi connectivity index (χ4n) is 4.24. The SMILES string of the molecule is CC(C)c1ccc([C@@H](c2cccc(-c3ccn[nH]3)c2)N2CC(F)CC2C(N)=O)nc1F. The lowest BCUT2D eigenvalue weighted by Crippen LogP contribution is -2.43. The zero-order valence-corrected chi connectivity index (χ0v) is 17.4. The smallest absolute Gasteiger partial charge is 0.234 e. The van der Waals surface area contributed by atoms with Crippen molar-refractivity contribution in [2.75, 3.05) is 6.54 Å². The number of H-pyrrole nitrogens is 1. The molecule has 6 nitrogen and oxygen atoms in total. The molecule has 3 N–H and O–H groups in total. The summed E-state index contributed by atoms with van der Waals surface area (Å²) in [5.74, 6) is -1.19. The van der Waals surface area contributed by atoms with Crippen molar-refractivity contribution >= 4 is 5.91 Å². The number of carbonyl (C=O) groups excluding carboxylic acids is 1. The first-order valence-corrected chi connectivity index (χ1v) is 10.3. The van der Waals surface area contributed by atoms with Gasteiger partial charge in [-0.3, -0.25) is 14.8 Å². The Morgan fingerprint density at radius 2 is 2.06 bits per heavy atom. The predicted octanol–water partition coefficient (Wildman–Crippen LogP) is 3.72. The van der Waals surface area contributed by atoms with E-state index in [-0.39, 0.29) is 18.9 Å². The van der Waals surface area contributed by atoms with Gasteiger partial charge in [-0.15, -0.1) is 0 Å². The highest BCUT2D eigenvalue weighted by atomic mass is 19.1. The maximum absolute atomic E-state index is 14.8. The Labute approximate surface area is 179 Å². The minimum absolute atomic E-state index is 0.0125. The number of nitrogens with zero attached hydrogens (tertiary/aromatic N) is 3. The number of carbonyl (C=O) groups is 1. The number of likely N-dealkylation sites (tertiary alicyclic amines) is 1. The van der Waals surface area contributed by atoms with Gasteiger partial charge in [0.15, 0.2) is 0 Å². The van der Waals surface area contributed by atoms with Gasteiger partial charge in [0.1, 0.15) is 6.17 Å². The van der Waals surface area contributed by atoms with Crippen LogP contribution in [0, 0.1) is 5.95 Å². The minimum Gasteiger partial charge on any atom is -0.368 e. The van der Waals surface area contributed by atoms with Crippen LogP contribution in [0.2, 0.25) is 0 Å². The number of halogens is 2. The van der Waals surface area contributed by atoms with E-state index >= 15 is 0 Å². The van der Waals surface area contributed by atoms with Gasteiger partial charge in [0.05, 0.1) is 23.5 Å². The quantitative estimate of drug-likeness (QED) is 0.589. The first-order chi connectivity index (χ1) is 14.8. The molecule has 3 heterocycles. The van der Waals surface area contributed by atoms with E-state index in [1.807, 2.05) is 44.2 Å². The second kappa shape index (κ2) is 8.55. The molecular formula is C23H25F2N5O. The Morgan fingerprint density at radius 3 is 2.71 bits per heavy atom. The van der Waals surface area contributed by atoms with E-state index in [0.29, 0.717) is 11.3 Å². The van der Waals surface area contributed by atoms with Crippen molar-refractivity contribution in [1.29, 1.82) is 0 Å². The first kappa shape index (κ1) is 21.1. The summed E-state index contributed by atoms with van der Waals surface area (Å²) in [7, 11) is 0. The molecule has 1 aromatic carbocycles. The number of nitrogens with two attached hydrogens (primary N) is 1. The fraction of sp³-hybridized carbons (Fsp3) is 0.348. The molecule has 1 amide bonds. The maximum Gasteiger partial charge on any atom is 0.234 e. The van der Waals surface area contributed by atoms with Gasteiger partial charge in [0, 0.05) is 24.7 Å². The summed E-state index contributed by atoms with van der Waals surface area (Å²) in [5, 5.41) is 6.90.